The number of amides is 1. The summed E-state index contributed by atoms with van der Waals surface area (Å²) in [4.78, 5) is 16.1. The number of carbonyl (C=O) groups excluding carboxylic acids is 1. The van der Waals surface area contributed by atoms with Crippen LogP contribution in [0.5, 0.6) is 0 Å². The van der Waals surface area contributed by atoms with Crippen LogP contribution in [0.4, 0.5) is 27.6 Å². The van der Waals surface area contributed by atoms with Gasteiger partial charge in [-0.15, -0.1) is 0 Å². The summed E-state index contributed by atoms with van der Waals surface area (Å²) in [6.07, 6.45) is -1.87. The van der Waals surface area contributed by atoms with Gasteiger partial charge in [0.05, 0.1) is 16.8 Å². The van der Waals surface area contributed by atoms with E-state index >= 15 is 0 Å². The van der Waals surface area contributed by atoms with Crippen LogP contribution < -0.4 is 5.32 Å². The fourth-order valence-corrected chi connectivity index (χ4v) is 2.36. The van der Waals surface area contributed by atoms with Crippen LogP contribution in [0, 0.1) is 11.6 Å². The van der Waals surface area contributed by atoms with E-state index in [0.29, 0.717) is 11.1 Å². The second-order valence-electron chi connectivity index (χ2n) is 5.62. The van der Waals surface area contributed by atoms with E-state index in [-0.39, 0.29) is 11.3 Å². The molecule has 0 atom stereocenters. The van der Waals surface area contributed by atoms with Gasteiger partial charge in [-0.25, -0.2) is 8.78 Å². The SMILES string of the molecule is O=C(Nc1cc(F)ccc1F)c1cncc(-c2ccc(C(F)(F)F)cc2)c1. The van der Waals surface area contributed by atoms with Crippen LogP contribution >= 0.6 is 0 Å². The first kappa shape index (κ1) is 18.5. The van der Waals surface area contributed by atoms with Crippen molar-refractivity contribution in [1.29, 1.82) is 0 Å². The second-order valence-corrected chi connectivity index (χ2v) is 5.62. The highest BCUT2D eigenvalue weighted by molar-refractivity contribution is 6.04. The van der Waals surface area contributed by atoms with Gasteiger partial charge in [0.2, 0.25) is 0 Å². The summed E-state index contributed by atoms with van der Waals surface area (Å²) in [5, 5.41) is 2.23. The van der Waals surface area contributed by atoms with Crippen LogP contribution in [0.3, 0.4) is 0 Å². The van der Waals surface area contributed by atoms with E-state index in [2.05, 4.69) is 10.3 Å². The summed E-state index contributed by atoms with van der Waals surface area (Å²) >= 11 is 0. The van der Waals surface area contributed by atoms with Crippen molar-refractivity contribution in [3.05, 3.63) is 83.7 Å². The largest absolute Gasteiger partial charge is 0.416 e. The van der Waals surface area contributed by atoms with Crippen LogP contribution in [0.15, 0.2) is 60.9 Å². The van der Waals surface area contributed by atoms with Gasteiger partial charge < -0.3 is 5.32 Å². The molecule has 2 aromatic carbocycles. The van der Waals surface area contributed by atoms with Crippen LogP contribution in [-0.2, 0) is 6.18 Å². The first-order valence-electron chi connectivity index (χ1n) is 7.63. The van der Waals surface area contributed by atoms with Crippen molar-refractivity contribution in [3.63, 3.8) is 0 Å². The molecular formula is C19H11F5N2O. The van der Waals surface area contributed by atoms with Gasteiger partial charge in [0.25, 0.3) is 5.91 Å². The lowest BCUT2D eigenvalue weighted by Gasteiger charge is -2.09. The molecule has 1 heterocycles. The minimum Gasteiger partial charge on any atom is -0.319 e. The smallest absolute Gasteiger partial charge is 0.319 e. The third-order valence-electron chi connectivity index (χ3n) is 3.72. The number of halogens is 5. The van der Waals surface area contributed by atoms with Crippen molar-refractivity contribution < 1.29 is 26.7 Å². The van der Waals surface area contributed by atoms with Gasteiger partial charge in [-0.2, -0.15) is 13.2 Å². The molecule has 0 aliphatic rings. The average molecular weight is 378 g/mol. The van der Waals surface area contributed by atoms with Gasteiger partial charge in [-0.3, -0.25) is 9.78 Å². The van der Waals surface area contributed by atoms with Crippen molar-refractivity contribution in [2.75, 3.05) is 5.32 Å². The van der Waals surface area contributed by atoms with E-state index < -0.39 is 29.3 Å². The summed E-state index contributed by atoms with van der Waals surface area (Å²) in [6.45, 7) is 0. The zero-order chi connectivity index (χ0) is 19.6. The van der Waals surface area contributed by atoms with Crippen molar-refractivity contribution >= 4 is 11.6 Å². The highest BCUT2D eigenvalue weighted by Gasteiger charge is 2.30. The molecule has 0 radical (unpaired) electrons. The van der Waals surface area contributed by atoms with E-state index in [1.165, 1.54) is 30.6 Å². The number of aromatic nitrogens is 1. The third kappa shape index (κ3) is 4.28. The maximum Gasteiger partial charge on any atom is 0.416 e. The third-order valence-corrected chi connectivity index (χ3v) is 3.72. The van der Waals surface area contributed by atoms with Crippen LogP contribution in [0.1, 0.15) is 15.9 Å². The maximum absolute atomic E-state index is 13.6. The molecule has 3 nitrogen and oxygen atoms in total. The first-order valence-corrected chi connectivity index (χ1v) is 7.63. The van der Waals surface area contributed by atoms with Crippen molar-refractivity contribution in [1.82, 2.24) is 4.98 Å². The lowest BCUT2D eigenvalue weighted by atomic mass is 10.0. The van der Waals surface area contributed by atoms with Gasteiger partial charge in [0.15, 0.2) is 0 Å². The highest BCUT2D eigenvalue weighted by atomic mass is 19.4. The summed E-state index contributed by atoms with van der Waals surface area (Å²) < 4.78 is 64.7. The predicted molar refractivity (Wildman–Crippen MR) is 89.0 cm³/mol. The molecule has 0 bridgehead atoms. The highest BCUT2D eigenvalue weighted by Crippen LogP contribution is 2.31. The van der Waals surface area contributed by atoms with Gasteiger partial charge in [0.1, 0.15) is 11.6 Å². The number of hydrogen-bond acceptors (Lipinski definition) is 2. The monoisotopic (exact) mass is 378 g/mol. The number of anilines is 1. The van der Waals surface area contributed by atoms with Crippen molar-refractivity contribution in [2.45, 2.75) is 6.18 Å². The molecule has 0 aliphatic heterocycles. The molecule has 0 saturated carbocycles. The normalized spacial score (nSPS) is 11.3. The van der Waals surface area contributed by atoms with Gasteiger partial charge >= 0.3 is 6.18 Å². The van der Waals surface area contributed by atoms with E-state index in [0.717, 1.165) is 30.3 Å². The zero-order valence-electron chi connectivity index (χ0n) is 13.5. The topological polar surface area (TPSA) is 42.0 Å². The van der Waals surface area contributed by atoms with Gasteiger partial charge in [0, 0.05) is 24.0 Å². The lowest BCUT2D eigenvalue weighted by Crippen LogP contribution is -2.13. The van der Waals surface area contributed by atoms with Crippen molar-refractivity contribution in [2.24, 2.45) is 0 Å². The Balaban J connectivity index is 1.85. The lowest BCUT2D eigenvalue weighted by molar-refractivity contribution is -0.137. The number of nitrogens with zero attached hydrogens (tertiary/aromatic N) is 1. The molecule has 0 unspecified atom stereocenters. The Morgan fingerprint density at radius 3 is 2.26 bits per heavy atom. The minimum absolute atomic E-state index is 0.0380. The molecule has 0 aliphatic carbocycles. The fourth-order valence-electron chi connectivity index (χ4n) is 2.36. The van der Waals surface area contributed by atoms with Gasteiger partial charge in [-0.05, 0) is 35.9 Å². The molecule has 0 fully saturated rings. The minimum atomic E-state index is -4.45. The Kier molecular flexibility index (Phi) is 4.89. The number of alkyl halides is 3. The zero-order valence-corrected chi connectivity index (χ0v) is 13.5. The van der Waals surface area contributed by atoms with Crippen LogP contribution in [-0.4, -0.2) is 10.9 Å². The molecule has 3 aromatic rings. The predicted octanol–water partition coefficient (Wildman–Crippen LogP) is 5.30. The van der Waals surface area contributed by atoms with Crippen LogP contribution in [0.2, 0.25) is 0 Å². The summed E-state index contributed by atoms with van der Waals surface area (Å²) in [5.41, 5.74) is -0.274. The molecule has 1 N–H and O–H groups in total. The number of carbonyl (C=O) groups is 1. The fraction of sp³-hybridized carbons (Fsp3) is 0.0526. The standard InChI is InChI=1S/C19H11F5N2O/c20-15-5-6-16(21)17(8-15)26-18(27)13-7-12(9-25-10-13)11-1-3-14(4-2-11)19(22,23)24/h1-10H,(H,26,27). The second kappa shape index (κ2) is 7.14. The van der Waals surface area contributed by atoms with E-state index in [1.807, 2.05) is 0 Å². The maximum atomic E-state index is 13.6. The van der Waals surface area contributed by atoms with Crippen LogP contribution in [0.25, 0.3) is 11.1 Å². The Morgan fingerprint density at radius 2 is 1.59 bits per heavy atom. The molecule has 0 saturated heterocycles. The number of benzene rings is 2. The summed E-state index contributed by atoms with van der Waals surface area (Å²) in [5.74, 6) is -2.26. The Bertz CT molecular complexity index is 984. The van der Waals surface area contributed by atoms with E-state index in [4.69, 9.17) is 0 Å². The quantitative estimate of drug-likeness (QED) is 0.629. The number of nitrogens with one attached hydrogen (secondary N) is 1. The molecule has 0 spiro atoms. The molecule has 1 aromatic heterocycles. The molecule has 3 rings (SSSR count). The molecule has 27 heavy (non-hydrogen) atoms. The average Bonchev–Trinajstić information content (AvgIpc) is 2.64. The van der Waals surface area contributed by atoms with E-state index in [1.54, 1.807) is 0 Å². The number of hydrogen-bond donors (Lipinski definition) is 1. The summed E-state index contributed by atoms with van der Waals surface area (Å²) in [6, 6.07) is 8.37. The molecule has 1 amide bonds. The molecular weight excluding hydrogens is 367 g/mol. The van der Waals surface area contributed by atoms with Gasteiger partial charge in [-0.1, -0.05) is 12.1 Å². The van der Waals surface area contributed by atoms with E-state index in [9.17, 15) is 26.7 Å². The Morgan fingerprint density at radius 1 is 0.889 bits per heavy atom. The molecule has 138 valence electrons. The van der Waals surface area contributed by atoms with Crippen molar-refractivity contribution in [3.8, 4) is 11.1 Å². The Hall–Kier alpha value is -3.29. The first-order chi connectivity index (χ1) is 12.7. The molecule has 8 heteroatoms. The Labute approximate surface area is 150 Å². The number of rotatable bonds is 3. The summed E-state index contributed by atoms with van der Waals surface area (Å²) in [7, 11) is 0. The number of pyridine rings is 1.